The minimum atomic E-state index is -1.98. The highest BCUT2D eigenvalue weighted by molar-refractivity contribution is 5.76. The molecule has 0 aromatic rings. The van der Waals surface area contributed by atoms with Crippen LogP contribution < -0.4 is 5.32 Å². The quantitative estimate of drug-likeness (QED) is 0.0257. The summed E-state index contributed by atoms with van der Waals surface area (Å²) in [6.07, 6.45) is 20.1. The highest BCUT2D eigenvalue weighted by Gasteiger charge is 2.53. The fourth-order valence-electron chi connectivity index (χ4n) is 10.3. The molecule has 0 spiro atoms. The Morgan fingerprint density at radius 2 is 0.810 bits per heavy atom. The molecule has 3 saturated heterocycles. The molecule has 0 radical (unpaired) electrons. The van der Waals surface area contributed by atoms with Crippen LogP contribution in [0, 0.1) is 0 Å². The predicted molar refractivity (Wildman–Crippen MR) is 300 cm³/mol. The zero-order valence-corrected chi connectivity index (χ0v) is 48.1. The number of amides is 1. The lowest BCUT2D eigenvalue weighted by molar-refractivity contribution is -0.379. The van der Waals surface area contributed by atoms with Crippen LogP contribution >= 0.6 is 0 Å². The van der Waals surface area contributed by atoms with Crippen molar-refractivity contribution in [1.29, 1.82) is 0 Å². The molecule has 0 saturated carbocycles. The van der Waals surface area contributed by atoms with Crippen LogP contribution in [-0.4, -0.2) is 193 Å². The van der Waals surface area contributed by atoms with E-state index in [1.54, 1.807) is 6.08 Å². The molecule has 12 N–H and O–H groups in total. The Labute approximate surface area is 472 Å². The fourth-order valence-corrected chi connectivity index (χ4v) is 10.3. The maximum atomic E-state index is 13.3. The molecule has 3 heterocycles. The van der Waals surface area contributed by atoms with Crippen LogP contribution in [0.5, 0.6) is 0 Å². The summed E-state index contributed by atoms with van der Waals surface area (Å²) in [4.78, 5) is 13.3. The molecule has 19 nitrogen and oxygen atoms in total. The summed E-state index contributed by atoms with van der Waals surface area (Å²) >= 11 is 0. The van der Waals surface area contributed by atoms with Crippen LogP contribution in [-0.2, 0) is 33.2 Å². The number of rotatable bonds is 45. The van der Waals surface area contributed by atoms with Crippen molar-refractivity contribution in [3.8, 4) is 0 Å². The molecule has 1 amide bonds. The normalized spacial score (nSPS) is 30.5. The molecule has 3 aliphatic heterocycles. The standard InChI is InChI=1S/C60H109NO18/c1-3-5-7-9-11-13-15-16-17-18-19-20-21-22-23-24-25-26-28-30-32-34-36-38-48(66)61-43(44(65)37-35-33-31-29-27-14-12-10-8-6-4-2)42-74-58-54(72)51(69)56(46(40-63)76-58)79-60-55(73)52(70)57(47(41-64)77-60)78-59-53(71)50(68)49(67)45(39-62)75-59/h8,10,27,29,35,37,43-47,49-60,62-65,67-73H,3-7,9,11-26,28,30-34,36,38-42H2,1-2H3,(H,61,66)/b10-8+,29-27+,37-35+. The first-order valence-corrected chi connectivity index (χ1v) is 30.7. The smallest absolute Gasteiger partial charge is 0.220 e. The Kier molecular flexibility index (Phi) is 39.4. The van der Waals surface area contributed by atoms with Crippen molar-refractivity contribution >= 4 is 5.91 Å². The van der Waals surface area contributed by atoms with Gasteiger partial charge in [0.15, 0.2) is 18.9 Å². The Balaban J connectivity index is 1.45. The van der Waals surface area contributed by atoms with E-state index in [1.165, 1.54) is 122 Å². The minimum absolute atomic E-state index is 0.235. The maximum absolute atomic E-state index is 13.3. The molecule has 0 aromatic heterocycles. The molecule has 17 atom stereocenters. The molecular formula is C60H109NO18. The number of nitrogens with one attached hydrogen (secondary N) is 1. The highest BCUT2D eigenvalue weighted by atomic mass is 16.8. The van der Waals surface area contributed by atoms with Crippen molar-refractivity contribution in [2.45, 2.75) is 311 Å². The number of ether oxygens (including phenoxy) is 6. The summed E-state index contributed by atoms with van der Waals surface area (Å²) in [5.74, 6) is -0.289. The molecule has 462 valence electrons. The van der Waals surface area contributed by atoms with Gasteiger partial charge in [0.2, 0.25) is 5.91 Å². The number of carbonyl (C=O) groups excluding carboxylic acids is 1. The van der Waals surface area contributed by atoms with Gasteiger partial charge in [-0.1, -0.05) is 198 Å². The average Bonchev–Trinajstić information content (AvgIpc) is 3.57. The Hall–Kier alpha value is -1.99. The zero-order valence-electron chi connectivity index (χ0n) is 48.1. The van der Waals surface area contributed by atoms with Gasteiger partial charge < -0.3 is 89.9 Å². The minimum Gasteiger partial charge on any atom is -0.394 e. The molecule has 0 aromatic carbocycles. The Morgan fingerprint density at radius 3 is 1.24 bits per heavy atom. The summed E-state index contributed by atoms with van der Waals surface area (Å²) in [6, 6.07) is -0.992. The zero-order chi connectivity index (χ0) is 57.6. The van der Waals surface area contributed by atoms with Gasteiger partial charge >= 0.3 is 0 Å². The molecule has 3 aliphatic rings. The van der Waals surface area contributed by atoms with Gasteiger partial charge in [-0.15, -0.1) is 0 Å². The van der Waals surface area contributed by atoms with Crippen molar-refractivity contribution in [2.75, 3.05) is 26.4 Å². The van der Waals surface area contributed by atoms with E-state index in [0.717, 1.165) is 51.4 Å². The van der Waals surface area contributed by atoms with E-state index in [0.29, 0.717) is 12.8 Å². The van der Waals surface area contributed by atoms with Gasteiger partial charge in [-0.2, -0.15) is 0 Å². The number of allylic oxidation sites excluding steroid dienone is 5. The van der Waals surface area contributed by atoms with Gasteiger partial charge in [-0.3, -0.25) is 4.79 Å². The third-order valence-corrected chi connectivity index (χ3v) is 15.4. The van der Waals surface area contributed by atoms with Crippen LogP contribution in [0.3, 0.4) is 0 Å². The van der Waals surface area contributed by atoms with Crippen molar-refractivity contribution in [3.05, 3.63) is 36.5 Å². The number of aliphatic hydroxyl groups excluding tert-OH is 11. The van der Waals surface area contributed by atoms with E-state index in [1.807, 2.05) is 6.08 Å². The number of aliphatic hydroxyl groups is 11. The van der Waals surface area contributed by atoms with Crippen LogP contribution in [0.4, 0.5) is 0 Å². The van der Waals surface area contributed by atoms with Gasteiger partial charge in [0.1, 0.15) is 73.2 Å². The molecule has 0 bridgehead atoms. The summed E-state index contributed by atoms with van der Waals surface area (Å²) in [6.45, 7) is 1.62. The Bertz CT molecular complexity index is 1590. The molecule has 79 heavy (non-hydrogen) atoms. The van der Waals surface area contributed by atoms with Crippen molar-refractivity contribution in [3.63, 3.8) is 0 Å². The third kappa shape index (κ3) is 27.5. The monoisotopic (exact) mass is 1130 g/mol. The van der Waals surface area contributed by atoms with Gasteiger partial charge in [-0.05, 0) is 38.5 Å². The summed E-state index contributed by atoms with van der Waals surface area (Å²) in [7, 11) is 0. The first-order chi connectivity index (χ1) is 38.3. The van der Waals surface area contributed by atoms with Gasteiger partial charge in [0.25, 0.3) is 0 Å². The van der Waals surface area contributed by atoms with Crippen LogP contribution in [0.2, 0.25) is 0 Å². The van der Waals surface area contributed by atoms with Crippen molar-refractivity contribution in [1.82, 2.24) is 5.32 Å². The summed E-state index contributed by atoms with van der Waals surface area (Å²) < 4.78 is 34.2. The predicted octanol–water partition coefficient (Wildman–Crippen LogP) is 5.71. The third-order valence-electron chi connectivity index (χ3n) is 15.4. The Morgan fingerprint density at radius 1 is 0.443 bits per heavy atom. The number of carbonyl (C=O) groups is 1. The van der Waals surface area contributed by atoms with Crippen LogP contribution in [0.1, 0.15) is 206 Å². The topological polar surface area (TPSA) is 307 Å². The van der Waals surface area contributed by atoms with Crippen molar-refractivity contribution < 1.29 is 89.4 Å². The summed E-state index contributed by atoms with van der Waals surface area (Å²) in [5, 5.41) is 120. The van der Waals surface area contributed by atoms with Gasteiger partial charge in [0.05, 0.1) is 38.6 Å². The SMILES string of the molecule is CCC/C=C/CC/C=C/CC/C=C/C(O)C(COC1OC(CO)C(OC2OC(CO)C(OC3OC(CO)C(O)C(O)C3O)C(O)C2O)C(O)C1O)NC(=O)CCCCCCCCCCCCCCCCCCCCCCCCC. The van der Waals surface area contributed by atoms with Gasteiger partial charge in [0, 0.05) is 6.42 Å². The van der Waals surface area contributed by atoms with E-state index >= 15 is 0 Å². The van der Waals surface area contributed by atoms with E-state index in [2.05, 4.69) is 43.5 Å². The van der Waals surface area contributed by atoms with E-state index in [4.69, 9.17) is 28.4 Å². The first kappa shape index (κ1) is 71.3. The molecule has 0 aliphatic carbocycles. The lowest BCUT2D eigenvalue weighted by atomic mass is 9.96. The second kappa shape index (κ2) is 43.6. The average molecular weight is 1130 g/mol. The molecule has 17 unspecified atom stereocenters. The maximum Gasteiger partial charge on any atom is 0.220 e. The molecule has 19 heteroatoms. The molecule has 3 rings (SSSR count). The largest absolute Gasteiger partial charge is 0.394 e. The van der Waals surface area contributed by atoms with Gasteiger partial charge in [-0.25, -0.2) is 0 Å². The van der Waals surface area contributed by atoms with Crippen LogP contribution in [0.15, 0.2) is 36.5 Å². The number of unbranched alkanes of at least 4 members (excludes halogenated alkanes) is 25. The van der Waals surface area contributed by atoms with E-state index in [9.17, 15) is 61.0 Å². The lowest BCUT2D eigenvalue weighted by Crippen LogP contribution is -2.66. The van der Waals surface area contributed by atoms with Crippen molar-refractivity contribution in [2.24, 2.45) is 0 Å². The second-order valence-corrected chi connectivity index (χ2v) is 22.2. The highest BCUT2D eigenvalue weighted by Crippen LogP contribution is 2.33. The molecular weight excluding hydrogens is 1020 g/mol. The van der Waals surface area contributed by atoms with Crippen LogP contribution in [0.25, 0.3) is 0 Å². The molecule has 3 fully saturated rings. The number of hydrogen-bond donors (Lipinski definition) is 12. The second-order valence-electron chi connectivity index (χ2n) is 22.2. The fraction of sp³-hybridized carbons (Fsp3) is 0.883. The number of hydrogen-bond acceptors (Lipinski definition) is 18. The lowest BCUT2D eigenvalue weighted by Gasteiger charge is -2.48. The summed E-state index contributed by atoms with van der Waals surface area (Å²) in [5.41, 5.74) is 0. The first-order valence-electron chi connectivity index (χ1n) is 30.7. The van der Waals surface area contributed by atoms with E-state index < -0.39 is 124 Å². The van der Waals surface area contributed by atoms with E-state index in [-0.39, 0.29) is 18.9 Å².